The number of fused-ring (bicyclic) bond motifs is 6. The zero-order chi connectivity index (χ0) is 40.4. The number of aromatic nitrogens is 2. The van der Waals surface area contributed by atoms with Crippen LogP contribution in [0.3, 0.4) is 0 Å². The van der Waals surface area contributed by atoms with Gasteiger partial charge in [0.25, 0.3) is 10.2 Å². The van der Waals surface area contributed by atoms with Crippen LogP contribution in [-0.4, -0.2) is 79.0 Å². The maximum atomic E-state index is 13.6. The van der Waals surface area contributed by atoms with Gasteiger partial charge in [-0.1, -0.05) is 58.5 Å². The van der Waals surface area contributed by atoms with E-state index in [1.807, 2.05) is 18.2 Å². The average molecular weight is 895 g/mol. The number of ether oxygens (including phenoxy) is 1. The molecule has 0 fully saturated rings. The van der Waals surface area contributed by atoms with Gasteiger partial charge in [0.2, 0.25) is 0 Å². The number of aliphatic hydroxyl groups is 2. The Kier molecular flexibility index (Phi) is 11.0. The lowest BCUT2D eigenvalue weighted by Gasteiger charge is -2.31. The van der Waals surface area contributed by atoms with Gasteiger partial charge in [0.15, 0.2) is 0 Å². The Labute approximate surface area is 348 Å². The lowest BCUT2D eigenvalue weighted by Crippen LogP contribution is -2.45. The molecule has 19 heteroatoms. The van der Waals surface area contributed by atoms with Gasteiger partial charge in [0.1, 0.15) is 5.75 Å². The van der Waals surface area contributed by atoms with Crippen molar-refractivity contribution in [3.63, 3.8) is 0 Å². The summed E-state index contributed by atoms with van der Waals surface area (Å²) in [5.74, 6) is -0.671. The molecule has 6 N–H and O–H groups in total. The Morgan fingerprint density at radius 2 is 1.39 bits per heavy atom. The molecule has 13 nitrogen and oxygen atoms in total. The maximum absolute atomic E-state index is 13.6. The number of rotatable bonds is 11. The highest BCUT2D eigenvalue weighted by molar-refractivity contribution is 7.90. The number of halogens is 4. The van der Waals surface area contributed by atoms with Crippen molar-refractivity contribution in [2.24, 2.45) is 0 Å². The summed E-state index contributed by atoms with van der Waals surface area (Å²) in [6, 6.07) is 18.8. The van der Waals surface area contributed by atoms with Crippen molar-refractivity contribution < 1.29 is 31.8 Å². The van der Waals surface area contributed by atoms with Gasteiger partial charge in [-0.2, -0.15) is 30.2 Å². The van der Waals surface area contributed by atoms with Gasteiger partial charge in [-0.05, 0) is 70.8 Å². The predicted molar refractivity (Wildman–Crippen MR) is 224 cm³/mol. The molecular formula is C38H36Cl4N6O7S2. The minimum Gasteiger partial charge on any atom is -0.495 e. The van der Waals surface area contributed by atoms with E-state index in [1.165, 1.54) is 33.9 Å². The number of nitrogens with one attached hydrogen (secondary N) is 4. The van der Waals surface area contributed by atoms with Crippen LogP contribution in [0.25, 0.3) is 32.9 Å². The largest absolute Gasteiger partial charge is 0.495 e. The standard InChI is InChI=1S/C38H36Cl4N6O7S2/c1-55-36-10-25(5-6-29(36)40)46-57(53,54)48-15-23(19-50)38-28-11-31(42)26(12-33(28)45-35(38)17-48)20-2-3-21(30(41)8-20)13-43-56(51,52)47-14-22(18-49)37-27-9-24(39)4-7-32(27)44-34(37)16-47/h2-12,22-23,43-46,49-50H,13-19H2,1H3. The summed E-state index contributed by atoms with van der Waals surface area (Å²) in [4.78, 5) is 6.63. The van der Waals surface area contributed by atoms with Gasteiger partial charge in [-0.15, -0.1) is 0 Å². The smallest absolute Gasteiger partial charge is 0.302 e. The van der Waals surface area contributed by atoms with Gasteiger partial charge < -0.3 is 24.9 Å². The number of hydrogen-bond acceptors (Lipinski definition) is 7. The lowest BCUT2D eigenvalue weighted by atomic mass is 9.92. The van der Waals surface area contributed by atoms with Crippen molar-refractivity contribution in [2.45, 2.75) is 31.5 Å². The van der Waals surface area contributed by atoms with E-state index in [0.29, 0.717) is 59.4 Å². The first-order valence-corrected chi connectivity index (χ1v) is 22.1. The first kappa shape index (κ1) is 40.2. The molecule has 2 unspecified atom stereocenters. The summed E-state index contributed by atoms with van der Waals surface area (Å²) in [7, 11) is -6.62. The minimum absolute atomic E-state index is 0.0137. The minimum atomic E-state index is -4.06. The van der Waals surface area contributed by atoms with Crippen molar-refractivity contribution in [2.75, 3.05) is 38.1 Å². The van der Waals surface area contributed by atoms with Crippen LogP contribution in [-0.2, 0) is 40.1 Å². The van der Waals surface area contributed by atoms with Crippen LogP contribution in [0.1, 0.15) is 39.9 Å². The highest BCUT2D eigenvalue weighted by Crippen LogP contribution is 2.41. The molecule has 300 valence electrons. The molecule has 0 aliphatic carbocycles. The van der Waals surface area contributed by atoms with E-state index in [0.717, 1.165) is 27.4 Å². The Morgan fingerprint density at radius 3 is 2.04 bits per heavy atom. The molecule has 0 saturated carbocycles. The van der Waals surface area contributed by atoms with Gasteiger partial charge in [-0.3, -0.25) is 4.72 Å². The van der Waals surface area contributed by atoms with Gasteiger partial charge in [0.05, 0.1) is 44.1 Å². The summed E-state index contributed by atoms with van der Waals surface area (Å²) < 4.78 is 67.2. The summed E-state index contributed by atoms with van der Waals surface area (Å²) in [5.41, 5.74) is 6.57. The molecule has 0 bridgehead atoms. The first-order chi connectivity index (χ1) is 27.2. The Hall–Kier alpha value is -3.58. The van der Waals surface area contributed by atoms with Crippen LogP contribution in [0.4, 0.5) is 5.69 Å². The summed E-state index contributed by atoms with van der Waals surface area (Å²) in [6.07, 6.45) is 0. The van der Waals surface area contributed by atoms with Gasteiger partial charge in [-0.25, -0.2) is 0 Å². The van der Waals surface area contributed by atoms with Crippen molar-refractivity contribution >= 4 is 94.3 Å². The zero-order valence-electron chi connectivity index (χ0n) is 30.1. The van der Waals surface area contributed by atoms with Gasteiger partial charge >= 0.3 is 10.2 Å². The molecule has 0 spiro atoms. The molecule has 4 heterocycles. The van der Waals surface area contributed by atoms with E-state index >= 15 is 0 Å². The molecule has 2 aliphatic rings. The zero-order valence-corrected chi connectivity index (χ0v) is 34.8. The van der Waals surface area contributed by atoms with Crippen molar-refractivity contribution in [1.29, 1.82) is 0 Å². The van der Waals surface area contributed by atoms with E-state index in [2.05, 4.69) is 19.4 Å². The van der Waals surface area contributed by atoms with Crippen LogP contribution in [0.2, 0.25) is 20.1 Å². The van der Waals surface area contributed by atoms with Crippen LogP contribution in [0.15, 0.2) is 66.7 Å². The van der Waals surface area contributed by atoms with Crippen LogP contribution in [0.5, 0.6) is 5.75 Å². The fourth-order valence-electron chi connectivity index (χ4n) is 7.81. The molecular weight excluding hydrogens is 858 g/mol. The monoisotopic (exact) mass is 892 g/mol. The third-order valence-corrected chi connectivity index (χ3v) is 14.7. The number of methoxy groups -OCH3 is 1. The van der Waals surface area contributed by atoms with E-state index in [9.17, 15) is 27.0 Å². The predicted octanol–water partition coefficient (Wildman–Crippen LogP) is 7.11. The van der Waals surface area contributed by atoms with E-state index in [1.54, 1.807) is 30.3 Å². The van der Waals surface area contributed by atoms with E-state index in [-0.39, 0.29) is 51.6 Å². The molecule has 4 aromatic carbocycles. The molecule has 0 saturated heterocycles. The third-order valence-electron chi connectivity index (χ3n) is 10.6. The topological polar surface area (TPSA) is 180 Å². The molecule has 57 heavy (non-hydrogen) atoms. The average Bonchev–Trinajstić information content (AvgIpc) is 3.74. The highest BCUT2D eigenvalue weighted by Gasteiger charge is 2.36. The second-order valence-electron chi connectivity index (χ2n) is 14.0. The third kappa shape index (κ3) is 7.60. The first-order valence-electron chi connectivity index (χ1n) is 17.7. The van der Waals surface area contributed by atoms with Crippen LogP contribution < -0.4 is 14.2 Å². The fourth-order valence-corrected chi connectivity index (χ4v) is 11.1. The quantitative estimate of drug-likeness (QED) is 0.0802. The van der Waals surface area contributed by atoms with Gasteiger partial charge in [0, 0.05) is 91.4 Å². The second-order valence-corrected chi connectivity index (χ2v) is 19.1. The summed E-state index contributed by atoms with van der Waals surface area (Å²) in [5, 5.41) is 23.9. The SMILES string of the molecule is COc1cc(NS(=O)(=O)N2Cc3[nH]c4cc(-c5ccc(CNS(=O)(=O)N6Cc7[nH]c8ccc(Cl)cc8c7C(CO)C6)c(Cl)c5)c(Cl)cc4c3C(CO)C2)ccc1Cl. The number of H-pyrrole nitrogens is 2. The van der Waals surface area contributed by atoms with Crippen LogP contribution in [0, 0.1) is 0 Å². The van der Waals surface area contributed by atoms with Crippen molar-refractivity contribution in [3.05, 3.63) is 115 Å². The lowest BCUT2D eigenvalue weighted by molar-refractivity contribution is 0.229. The molecule has 2 atom stereocenters. The molecule has 2 aromatic heterocycles. The van der Waals surface area contributed by atoms with Crippen LogP contribution >= 0.6 is 46.4 Å². The Bertz CT molecular complexity index is 2780. The number of aliphatic hydroxyl groups excluding tert-OH is 2. The number of aromatic amines is 2. The normalized spacial score (nSPS) is 17.9. The molecule has 8 rings (SSSR count). The number of hydrogen-bond donors (Lipinski definition) is 6. The van der Waals surface area contributed by atoms with Crippen molar-refractivity contribution in [1.82, 2.24) is 23.3 Å². The van der Waals surface area contributed by atoms with Crippen molar-refractivity contribution in [3.8, 4) is 16.9 Å². The number of nitrogens with zero attached hydrogens (tertiary/aromatic N) is 2. The highest BCUT2D eigenvalue weighted by atomic mass is 35.5. The Balaban J connectivity index is 1.000. The summed E-state index contributed by atoms with van der Waals surface area (Å²) in [6.45, 7) is -0.430. The molecule has 0 radical (unpaired) electrons. The number of benzene rings is 4. The fraction of sp³-hybridized carbons (Fsp3) is 0.263. The maximum Gasteiger partial charge on any atom is 0.302 e. The summed E-state index contributed by atoms with van der Waals surface area (Å²) >= 11 is 26.0. The second kappa shape index (κ2) is 15.5. The Morgan fingerprint density at radius 1 is 0.737 bits per heavy atom. The molecule has 6 aromatic rings. The van der Waals surface area contributed by atoms with E-state index in [4.69, 9.17) is 51.1 Å². The molecule has 0 amide bonds. The molecule has 2 aliphatic heterocycles. The van der Waals surface area contributed by atoms with E-state index < -0.39 is 32.3 Å². The number of anilines is 1.